The lowest BCUT2D eigenvalue weighted by molar-refractivity contribution is 0.299. The van der Waals surface area contributed by atoms with Gasteiger partial charge in [0.2, 0.25) is 0 Å². The third-order valence-electron chi connectivity index (χ3n) is 2.81. The van der Waals surface area contributed by atoms with Crippen LogP contribution in [0.5, 0.6) is 0 Å². The first-order valence-corrected chi connectivity index (χ1v) is 6.17. The Kier molecular flexibility index (Phi) is 3.56. The molecule has 0 aliphatic carbocycles. The second-order valence-corrected chi connectivity index (χ2v) is 4.84. The zero-order valence-electron chi connectivity index (χ0n) is 8.33. The van der Waals surface area contributed by atoms with Crippen molar-refractivity contribution in [1.82, 2.24) is 5.32 Å². The molecule has 1 aliphatic heterocycles. The summed E-state index contributed by atoms with van der Waals surface area (Å²) in [7, 11) is 0. The summed E-state index contributed by atoms with van der Waals surface area (Å²) >= 11 is 1.83. The van der Waals surface area contributed by atoms with E-state index in [9.17, 15) is 0 Å². The van der Waals surface area contributed by atoms with Crippen LogP contribution in [-0.2, 0) is 12.8 Å². The summed E-state index contributed by atoms with van der Waals surface area (Å²) in [4.78, 5) is 1.46. The van der Waals surface area contributed by atoms with Crippen molar-refractivity contribution in [2.24, 2.45) is 0 Å². The third-order valence-corrected chi connectivity index (χ3v) is 3.80. The van der Waals surface area contributed by atoms with Gasteiger partial charge in [-0.05, 0) is 49.2 Å². The lowest BCUT2D eigenvalue weighted by Crippen LogP contribution is -2.23. The van der Waals surface area contributed by atoms with E-state index in [2.05, 4.69) is 16.8 Å². The molecule has 0 unspecified atom stereocenters. The molecule has 78 valence electrons. The van der Waals surface area contributed by atoms with Gasteiger partial charge >= 0.3 is 0 Å². The molecule has 1 fully saturated rings. The largest absolute Gasteiger partial charge is 0.396 e. The highest BCUT2D eigenvalue weighted by Gasteiger charge is 2.16. The lowest BCUT2D eigenvalue weighted by Gasteiger charge is -2.09. The first-order valence-electron chi connectivity index (χ1n) is 5.29. The second kappa shape index (κ2) is 4.91. The summed E-state index contributed by atoms with van der Waals surface area (Å²) in [6, 6.07) is 2.82. The van der Waals surface area contributed by atoms with Gasteiger partial charge in [0, 0.05) is 17.5 Å². The minimum absolute atomic E-state index is 0.266. The molecular weight excluding hydrogens is 194 g/mol. The van der Waals surface area contributed by atoms with Crippen molar-refractivity contribution in [2.75, 3.05) is 13.2 Å². The average Bonchev–Trinajstić information content (AvgIpc) is 2.80. The number of thiophene rings is 1. The lowest BCUT2D eigenvalue weighted by atomic mass is 10.1. The molecule has 1 saturated heterocycles. The maximum absolute atomic E-state index is 8.91. The molecule has 2 nitrogen and oxygen atoms in total. The molecular formula is C11H17NOS. The SMILES string of the molecule is OCCc1ccsc1C[C@@H]1CCCN1. The maximum atomic E-state index is 8.91. The van der Waals surface area contributed by atoms with Gasteiger partial charge in [-0.1, -0.05) is 0 Å². The fourth-order valence-electron chi connectivity index (χ4n) is 2.04. The molecule has 3 heteroatoms. The van der Waals surface area contributed by atoms with Crippen LogP contribution in [0.1, 0.15) is 23.3 Å². The molecule has 0 aromatic carbocycles. The van der Waals surface area contributed by atoms with Crippen LogP contribution in [-0.4, -0.2) is 24.3 Å². The fourth-order valence-corrected chi connectivity index (χ4v) is 3.06. The minimum atomic E-state index is 0.266. The Balaban J connectivity index is 1.96. The number of rotatable bonds is 4. The van der Waals surface area contributed by atoms with Crippen molar-refractivity contribution in [3.8, 4) is 0 Å². The van der Waals surface area contributed by atoms with Crippen LogP contribution < -0.4 is 5.32 Å². The summed E-state index contributed by atoms with van der Waals surface area (Å²) < 4.78 is 0. The van der Waals surface area contributed by atoms with Gasteiger partial charge in [-0.15, -0.1) is 11.3 Å². The summed E-state index contributed by atoms with van der Waals surface area (Å²) in [5.74, 6) is 0. The Bertz CT molecular complexity index is 279. The van der Waals surface area contributed by atoms with Crippen LogP contribution in [0.4, 0.5) is 0 Å². The number of aliphatic hydroxyl groups is 1. The molecule has 2 N–H and O–H groups in total. The van der Waals surface area contributed by atoms with E-state index in [1.54, 1.807) is 0 Å². The Morgan fingerprint density at radius 2 is 2.50 bits per heavy atom. The predicted octanol–water partition coefficient (Wildman–Crippen LogP) is 1.58. The van der Waals surface area contributed by atoms with Gasteiger partial charge in [-0.3, -0.25) is 0 Å². The van der Waals surface area contributed by atoms with E-state index >= 15 is 0 Å². The smallest absolute Gasteiger partial charge is 0.0471 e. The van der Waals surface area contributed by atoms with E-state index in [4.69, 9.17) is 5.11 Å². The van der Waals surface area contributed by atoms with Crippen LogP contribution in [0.15, 0.2) is 11.4 Å². The van der Waals surface area contributed by atoms with Gasteiger partial charge in [-0.2, -0.15) is 0 Å². The molecule has 1 aromatic rings. The van der Waals surface area contributed by atoms with Crippen molar-refractivity contribution in [1.29, 1.82) is 0 Å². The third kappa shape index (κ3) is 2.35. The molecule has 0 bridgehead atoms. The first-order chi connectivity index (χ1) is 6.90. The predicted molar refractivity (Wildman–Crippen MR) is 59.8 cm³/mol. The molecule has 0 saturated carbocycles. The van der Waals surface area contributed by atoms with Gasteiger partial charge in [0.05, 0.1) is 0 Å². The maximum Gasteiger partial charge on any atom is 0.0471 e. The normalized spacial score (nSPS) is 21.6. The van der Waals surface area contributed by atoms with E-state index in [0.29, 0.717) is 6.04 Å². The van der Waals surface area contributed by atoms with E-state index in [1.807, 2.05) is 11.3 Å². The van der Waals surface area contributed by atoms with Crippen LogP contribution in [0, 0.1) is 0 Å². The van der Waals surface area contributed by atoms with Gasteiger partial charge in [-0.25, -0.2) is 0 Å². The van der Waals surface area contributed by atoms with Crippen LogP contribution >= 0.6 is 11.3 Å². The van der Waals surface area contributed by atoms with Crippen LogP contribution in [0.2, 0.25) is 0 Å². The first kappa shape index (κ1) is 10.1. The van der Waals surface area contributed by atoms with E-state index in [-0.39, 0.29) is 6.61 Å². The molecule has 0 amide bonds. The van der Waals surface area contributed by atoms with Crippen molar-refractivity contribution in [2.45, 2.75) is 31.7 Å². The monoisotopic (exact) mass is 211 g/mol. The highest BCUT2D eigenvalue weighted by molar-refractivity contribution is 7.10. The highest BCUT2D eigenvalue weighted by Crippen LogP contribution is 2.21. The van der Waals surface area contributed by atoms with Crippen molar-refractivity contribution in [3.05, 3.63) is 21.9 Å². The zero-order valence-corrected chi connectivity index (χ0v) is 9.15. The quantitative estimate of drug-likeness (QED) is 0.792. The number of hydrogen-bond acceptors (Lipinski definition) is 3. The fraction of sp³-hybridized carbons (Fsp3) is 0.636. The molecule has 1 aliphatic rings. The molecule has 0 radical (unpaired) electrons. The van der Waals surface area contributed by atoms with Crippen molar-refractivity contribution >= 4 is 11.3 Å². The average molecular weight is 211 g/mol. The molecule has 1 aromatic heterocycles. The van der Waals surface area contributed by atoms with E-state index in [0.717, 1.165) is 12.8 Å². The summed E-state index contributed by atoms with van der Waals surface area (Å²) in [5, 5.41) is 14.6. The Morgan fingerprint density at radius 1 is 1.57 bits per heavy atom. The van der Waals surface area contributed by atoms with E-state index < -0.39 is 0 Å². The summed E-state index contributed by atoms with van der Waals surface area (Å²) in [6.45, 7) is 1.44. The Morgan fingerprint density at radius 3 is 3.21 bits per heavy atom. The van der Waals surface area contributed by atoms with Crippen LogP contribution in [0.3, 0.4) is 0 Å². The topological polar surface area (TPSA) is 32.3 Å². The zero-order chi connectivity index (χ0) is 9.80. The van der Waals surface area contributed by atoms with Crippen molar-refractivity contribution in [3.63, 3.8) is 0 Å². The van der Waals surface area contributed by atoms with Gasteiger partial charge in [0.25, 0.3) is 0 Å². The molecule has 0 spiro atoms. The number of nitrogens with one attached hydrogen (secondary N) is 1. The van der Waals surface area contributed by atoms with Gasteiger partial charge in [0.1, 0.15) is 0 Å². The van der Waals surface area contributed by atoms with E-state index in [1.165, 1.54) is 29.8 Å². The molecule has 1 atom stereocenters. The number of hydrogen-bond donors (Lipinski definition) is 2. The summed E-state index contributed by atoms with van der Waals surface area (Å²) in [5.41, 5.74) is 1.34. The van der Waals surface area contributed by atoms with Crippen LogP contribution in [0.25, 0.3) is 0 Å². The van der Waals surface area contributed by atoms with Gasteiger partial charge < -0.3 is 10.4 Å². The molecule has 2 heterocycles. The highest BCUT2D eigenvalue weighted by atomic mass is 32.1. The van der Waals surface area contributed by atoms with Gasteiger partial charge in [0.15, 0.2) is 0 Å². The Labute approximate surface area is 89.0 Å². The molecule has 14 heavy (non-hydrogen) atoms. The molecule has 2 rings (SSSR count). The standard InChI is InChI=1S/C11H17NOS/c13-6-3-9-4-7-14-11(9)8-10-2-1-5-12-10/h4,7,10,12-13H,1-3,5-6,8H2/t10-/m0/s1. The Hall–Kier alpha value is -0.380. The van der Waals surface area contributed by atoms with Crippen molar-refractivity contribution < 1.29 is 5.11 Å². The minimum Gasteiger partial charge on any atom is -0.396 e. The number of aliphatic hydroxyl groups excluding tert-OH is 1. The second-order valence-electron chi connectivity index (χ2n) is 3.84. The summed E-state index contributed by atoms with van der Waals surface area (Å²) in [6.07, 6.45) is 4.57.